The van der Waals surface area contributed by atoms with E-state index in [2.05, 4.69) is 33.0 Å². The predicted octanol–water partition coefficient (Wildman–Crippen LogP) is 7.45. The zero-order chi connectivity index (χ0) is 32.7. The fraction of sp³-hybridized carbons (Fsp3) is 0.667. The molecule has 248 valence electrons. The van der Waals surface area contributed by atoms with Crippen LogP contribution in [-0.2, 0) is 24.2 Å². The Bertz CT molecular complexity index is 1450. The van der Waals surface area contributed by atoms with Crippen molar-refractivity contribution in [2.24, 2.45) is 40.4 Å². The second-order valence-corrected chi connectivity index (χ2v) is 15.9. The lowest BCUT2D eigenvalue weighted by molar-refractivity contribution is -0.141. The van der Waals surface area contributed by atoms with Gasteiger partial charge in [-0.15, -0.1) is 0 Å². The summed E-state index contributed by atoms with van der Waals surface area (Å²) in [5.74, 6) is 0.619. The highest BCUT2D eigenvalue weighted by molar-refractivity contribution is 7.80. The first-order valence-electron chi connectivity index (χ1n) is 16.8. The first-order chi connectivity index (χ1) is 21.2. The van der Waals surface area contributed by atoms with Gasteiger partial charge in [0, 0.05) is 5.57 Å². The molecule has 0 bridgehead atoms. The summed E-state index contributed by atoms with van der Waals surface area (Å²) in [5, 5.41) is 12.4. The van der Waals surface area contributed by atoms with E-state index < -0.39 is 28.5 Å². The van der Waals surface area contributed by atoms with Gasteiger partial charge in [0.1, 0.15) is 0 Å². The Hall–Kier alpha value is -2.49. The lowest BCUT2D eigenvalue weighted by Gasteiger charge is -2.58. The van der Waals surface area contributed by atoms with Crippen LogP contribution in [0.2, 0.25) is 0 Å². The van der Waals surface area contributed by atoms with Crippen LogP contribution in [0.25, 0.3) is 0 Å². The van der Waals surface area contributed by atoms with E-state index in [1.165, 1.54) is 12.8 Å². The van der Waals surface area contributed by atoms with Gasteiger partial charge >= 0.3 is 16.4 Å². The van der Waals surface area contributed by atoms with Gasteiger partial charge in [-0.25, -0.2) is 8.98 Å². The number of amides is 1. The summed E-state index contributed by atoms with van der Waals surface area (Å²) in [4.78, 5) is 24.7. The minimum absolute atomic E-state index is 0.0776. The molecule has 0 aromatic heterocycles. The summed E-state index contributed by atoms with van der Waals surface area (Å²) in [7, 11) is -4.46. The topological polar surface area (TPSA) is 130 Å². The lowest BCUT2D eigenvalue weighted by atomic mass is 9.47. The van der Waals surface area contributed by atoms with Crippen molar-refractivity contribution in [1.82, 2.24) is 5.32 Å². The van der Waals surface area contributed by atoms with Crippen molar-refractivity contribution in [3.05, 3.63) is 58.7 Å². The summed E-state index contributed by atoms with van der Waals surface area (Å²) in [6.07, 6.45) is 11.6. The number of hydrogen-bond donors (Lipinski definition) is 3. The number of carbonyl (C=O) groups is 2. The Morgan fingerprint density at radius 3 is 2.47 bits per heavy atom. The van der Waals surface area contributed by atoms with Crippen LogP contribution < -0.4 is 5.32 Å². The molecule has 0 saturated heterocycles. The van der Waals surface area contributed by atoms with E-state index in [1.54, 1.807) is 42.3 Å². The molecule has 8 nitrogen and oxygen atoms in total. The van der Waals surface area contributed by atoms with Crippen molar-refractivity contribution in [1.29, 1.82) is 0 Å². The summed E-state index contributed by atoms with van der Waals surface area (Å²) in [5.41, 5.74) is 4.76. The van der Waals surface area contributed by atoms with Crippen molar-refractivity contribution in [3.8, 4) is 0 Å². The third-order valence-corrected chi connectivity index (χ3v) is 13.0. The van der Waals surface area contributed by atoms with E-state index in [1.807, 2.05) is 12.1 Å². The predicted molar refractivity (Wildman–Crippen MR) is 173 cm³/mol. The summed E-state index contributed by atoms with van der Waals surface area (Å²) >= 11 is 0. The molecule has 1 amide bonds. The number of benzene rings is 1. The van der Waals surface area contributed by atoms with Crippen molar-refractivity contribution in [2.45, 2.75) is 111 Å². The van der Waals surface area contributed by atoms with Crippen LogP contribution in [0.4, 0.5) is 0 Å². The molecule has 5 rings (SSSR count). The Morgan fingerprint density at radius 2 is 1.80 bits per heavy atom. The molecule has 0 spiro atoms. The molecule has 1 aromatic rings. The normalized spacial score (nSPS) is 34.7. The third kappa shape index (κ3) is 6.68. The summed E-state index contributed by atoms with van der Waals surface area (Å²) in [6.45, 7) is 11.1. The maximum atomic E-state index is 12.9. The molecule has 3 saturated carbocycles. The van der Waals surface area contributed by atoms with Crippen LogP contribution >= 0.6 is 0 Å². The Balaban J connectivity index is 1.22. The first-order valence-corrected chi connectivity index (χ1v) is 18.2. The molecule has 0 radical (unpaired) electrons. The Morgan fingerprint density at radius 1 is 1.09 bits per heavy atom. The van der Waals surface area contributed by atoms with Gasteiger partial charge in [0.2, 0.25) is 5.91 Å². The second-order valence-electron chi connectivity index (χ2n) is 14.9. The molecular weight excluding hydrogens is 590 g/mol. The van der Waals surface area contributed by atoms with E-state index in [9.17, 15) is 27.7 Å². The van der Waals surface area contributed by atoms with Gasteiger partial charge in [-0.3, -0.25) is 9.35 Å². The molecule has 0 aliphatic heterocycles. The highest BCUT2D eigenvalue weighted by atomic mass is 32.3. The molecule has 9 atom stereocenters. The molecule has 45 heavy (non-hydrogen) atoms. The molecule has 3 N–H and O–H groups in total. The highest BCUT2D eigenvalue weighted by Crippen LogP contribution is 2.66. The average molecular weight is 642 g/mol. The summed E-state index contributed by atoms with van der Waals surface area (Å²) < 4.78 is 37.4. The minimum Gasteiger partial charge on any atom is -0.479 e. The maximum absolute atomic E-state index is 12.9. The monoisotopic (exact) mass is 641 g/mol. The zero-order valence-corrected chi connectivity index (χ0v) is 28.2. The lowest BCUT2D eigenvalue weighted by Crippen LogP contribution is -2.52. The van der Waals surface area contributed by atoms with Gasteiger partial charge in [0.25, 0.3) is 0 Å². The van der Waals surface area contributed by atoms with Crippen molar-refractivity contribution in [3.63, 3.8) is 0 Å². The molecular formula is C36H51NO7S. The van der Waals surface area contributed by atoms with Crippen LogP contribution in [-0.4, -0.2) is 36.1 Å². The average Bonchev–Trinajstić information content (AvgIpc) is 3.34. The number of carboxylic acid groups (broad SMARTS) is 1. The quantitative estimate of drug-likeness (QED) is 0.137. The van der Waals surface area contributed by atoms with Gasteiger partial charge in [0.05, 0.1) is 6.10 Å². The largest absolute Gasteiger partial charge is 0.479 e. The molecule has 3 fully saturated rings. The number of hydrogen-bond acceptors (Lipinski definition) is 5. The Kier molecular flexibility index (Phi) is 9.75. The van der Waals surface area contributed by atoms with E-state index in [4.69, 9.17) is 4.18 Å². The van der Waals surface area contributed by atoms with E-state index >= 15 is 0 Å². The van der Waals surface area contributed by atoms with Crippen LogP contribution in [0.15, 0.2) is 53.1 Å². The minimum atomic E-state index is -4.46. The molecule has 4 aliphatic rings. The zero-order valence-electron chi connectivity index (χ0n) is 27.4. The van der Waals surface area contributed by atoms with Crippen LogP contribution in [0, 0.1) is 40.4 Å². The number of allylic oxidation sites excluding steroid dienone is 3. The third-order valence-electron chi connectivity index (χ3n) is 12.5. The van der Waals surface area contributed by atoms with Gasteiger partial charge in [-0.1, -0.05) is 75.2 Å². The first kappa shape index (κ1) is 33.9. The molecule has 0 heterocycles. The van der Waals surface area contributed by atoms with Gasteiger partial charge in [-0.2, -0.15) is 8.42 Å². The number of aliphatic carboxylic acids is 1. The highest BCUT2D eigenvalue weighted by Gasteiger charge is 2.57. The maximum Gasteiger partial charge on any atom is 0.397 e. The van der Waals surface area contributed by atoms with E-state index in [0.29, 0.717) is 41.2 Å². The van der Waals surface area contributed by atoms with Crippen molar-refractivity contribution in [2.75, 3.05) is 0 Å². The standard InChI is InChI=1S/C36H51NO7S/c1-22(10-9-11-23(2)33(38)37-32(34(39)40)25-12-7-6-8-13-25)27-16-17-29-26-14-15-28-24(3)31(44-45(41,42)43)19-21-36(28,5)30(26)18-20-35(27,29)4/h6-8,11-13,22,24,27-28,30-32H,9-10,14-21H2,1-5H3,(H,37,38)(H,39,40)(H,41,42,43)/b23-11+/t22-,24+,27-,28+,30+,31+,32+,35-,36+/m1/s1. The number of fused-ring (bicyclic) bond motifs is 4. The fourth-order valence-corrected chi connectivity index (χ4v) is 10.8. The Labute approximate surface area is 269 Å². The summed E-state index contributed by atoms with van der Waals surface area (Å²) in [6, 6.07) is 7.68. The van der Waals surface area contributed by atoms with Gasteiger partial charge in [0.15, 0.2) is 6.04 Å². The van der Waals surface area contributed by atoms with Crippen LogP contribution in [0.1, 0.15) is 110 Å². The van der Waals surface area contributed by atoms with Crippen molar-refractivity contribution >= 4 is 22.3 Å². The van der Waals surface area contributed by atoms with Crippen LogP contribution in [0.5, 0.6) is 0 Å². The second kappa shape index (κ2) is 13.0. The smallest absolute Gasteiger partial charge is 0.397 e. The molecule has 9 heteroatoms. The van der Waals surface area contributed by atoms with Crippen LogP contribution in [0.3, 0.4) is 0 Å². The molecule has 1 aromatic carbocycles. The molecule has 4 aliphatic carbocycles. The van der Waals surface area contributed by atoms with Gasteiger partial charge < -0.3 is 10.4 Å². The number of nitrogens with one attached hydrogen (secondary N) is 1. The van der Waals surface area contributed by atoms with Crippen molar-refractivity contribution < 1.29 is 31.8 Å². The van der Waals surface area contributed by atoms with E-state index in [-0.39, 0.29) is 22.7 Å². The number of rotatable bonds is 10. The number of carboxylic acids is 1. The van der Waals surface area contributed by atoms with Gasteiger partial charge in [-0.05, 0) is 117 Å². The molecule has 0 unspecified atom stereocenters. The fourth-order valence-electron chi connectivity index (χ4n) is 10.2. The SMILES string of the molecule is C/C(=C\CC[C@@H](C)[C@H]1CCC2=C3CC[C@H]4[C@H](C)[C@@H](OS(=O)(=O)O)CC[C@]4(C)[C@H]3CC[C@@]21C)C(=O)N[C@H](C(=O)O)c1ccccc1. The van der Waals surface area contributed by atoms with E-state index in [0.717, 1.165) is 44.9 Å². The number of carbonyl (C=O) groups excluding carboxylic acids is 1.